The zero-order valence-corrected chi connectivity index (χ0v) is 8.40. The number of aryl methyl sites for hydroxylation is 1. The van der Waals surface area contributed by atoms with E-state index in [1.807, 2.05) is 19.1 Å². The van der Waals surface area contributed by atoms with Crippen LogP contribution in [0.5, 0.6) is 0 Å². The van der Waals surface area contributed by atoms with Gasteiger partial charge >= 0.3 is 6.09 Å². The fraction of sp³-hybridized carbons (Fsp3) is 0.273. The molecule has 0 aliphatic carbocycles. The first kappa shape index (κ1) is 9.71. The fourth-order valence-corrected chi connectivity index (χ4v) is 1.43. The second-order valence-corrected chi connectivity index (χ2v) is 3.44. The maximum atomic E-state index is 11.8. The van der Waals surface area contributed by atoms with E-state index in [-0.39, 0.29) is 12.5 Å². The number of amides is 2. The van der Waals surface area contributed by atoms with Crippen molar-refractivity contribution in [3.63, 3.8) is 0 Å². The average Bonchev–Trinajstić information content (AvgIpc) is 2.65. The zero-order chi connectivity index (χ0) is 10.8. The molecule has 1 aromatic rings. The summed E-state index contributed by atoms with van der Waals surface area (Å²) >= 11 is 0. The summed E-state index contributed by atoms with van der Waals surface area (Å²) in [7, 11) is 0. The second-order valence-electron chi connectivity index (χ2n) is 3.44. The molecule has 0 unspecified atom stereocenters. The molecule has 0 atom stereocenters. The molecule has 15 heavy (non-hydrogen) atoms. The first-order valence-corrected chi connectivity index (χ1v) is 4.74. The molecule has 78 valence electrons. The fourth-order valence-electron chi connectivity index (χ4n) is 1.43. The van der Waals surface area contributed by atoms with Gasteiger partial charge < -0.3 is 4.74 Å². The summed E-state index contributed by atoms with van der Waals surface area (Å²) < 4.78 is 4.70. The Labute approximate surface area is 87.4 Å². The minimum atomic E-state index is -0.555. The first-order valence-electron chi connectivity index (χ1n) is 4.74. The number of hydrogen-bond donors (Lipinski definition) is 0. The highest BCUT2D eigenvalue weighted by Gasteiger charge is 2.28. The van der Waals surface area contributed by atoms with Crippen LogP contribution < -0.4 is 0 Å². The van der Waals surface area contributed by atoms with Crippen LogP contribution in [0.4, 0.5) is 4.79 Å². The van der Waals surface area contributed by atoms with Crippen LogP contribution in [-0.2, 0) is 4.74 Å². The van der Waals surface area contributed by atoms with Gasteiger partial charge in [0.2, 0.25) is 0 Å². The smallest absolute Gasteiger partial charge is 0.416 e. The molecule has 0 saturated carbocycles. The third kappa shape index (κ3) is 1.83. The van der Waals surface area contributed by atoms with Crippen molar-refractivity contribution in [1.29, 1.82) is 0 Å². The molecule has 1 heterocycles. The topological polar surface area (TPSA) is 46.6 Å². The molecule has 4 nitrogen and oxygen atoms in total. The van der Waals surface area contributed by atoms with E-state index in [0.29, 0.717) is 12.1 Å². The van der Waals surface area contributed by atoms with E-state index < -0.39 is 6.09 Å². The molecule has 1 aromatic carbocycles. The predicted octanol–water partition coefficient (Wildman–Crippen LogP) is 1.59. The molecule has 0 radical (unpaired) electrons. The highest BCUT2D eigenvalue weighted by Crippen LogP contribution is 2.11. The number of ether oxygens (including phenoxy) is 1. The number of nitrogens with zero attached hydrogens (tertiary/aromatic N) is 1. The lowest BCUT2D eigenvalue weighted by Gasteiger charge is -2.10. The van der Waals surface area contributed by atoms with Crippen LogP contribution in [0.2, 0.25) is 0 Å². The van der Waals surface area contributed by atoms with Gasteiger partial charge in [0.05, 0.1) is 6.54 Å². The van der Waals surface area contributed by atoms with Crippen molar-refractivity contribution in [1.82, 2.24) is 4.90 Å². The largest absolute Gasteiger partial charge is 0.447 e. The SMILES string of the molecule is Cc1ccc(C(=O)N2CCOC2=O)cc1. The van der Waals surface area contributed by atoms with Gasteiger partial charge in [-0.15, -0.1) is 0 Å². The summed E-state index contributed by atoms with van der Waals surface area (Å²) in [5.41, 5.74) is 1.59. The first-order chi connectivity index (χ1) is 7.18. The summed E-state index contributed by atoms with van der Waals surface area (Å²) in [6.45, 7) is 2.57. The Morgan fingerprint density at radius 3 is 2.53 bits per heavy atom. The van der Waals surface area contributed by atoms with Crippen molar-refractivity contribution in [2.75, 3.05) is 13.2 Å². The minimum Gasteiger partial charge on any atom is -0.447 e. The van der Waals surface area contributed by atoms with E-state index in [4.69, 9.17) is 4.74 Å². The zero-order valence-electron chi connectivity index (χ0n) is 8.40. The van der Waals surface area contributed by atoms with Crippen LogP contribution in [0.25, 0.3) is 0 Å². The van der Waals surface area contributed by atoms with Gasteiger partial charge in [-0.3, -0.25) is 4.79 Å². The molecule has 0 aromatic heterocycles. The van der Waals surface area contributed by atoms with Gasteiger partial charge in [0.15, 0.2) is 0 Å². The maximum absolute atomic E-state index is 11.8. The highest BCUT2D eigenvalue weighted by molar-refractivity contribution is 6.03. The van der Waals surface area contributed by atoms with E-state index in [2.05, 4.69) is 0 Å². The Hall–Kier alpha value is -1.84. The molecular formula is C11H11NO3. The third-order valence-electron chi connectivity index (χ3n) is 2.30. The van der Waals surface area contributed by atoms with Crippen LogP contribution in [0.1, 0.15) is 15.9 Å². The van der Waals surface area contributed by atoms with Gasteiger partial charge in [-0.2, -0.15) is 0 Å². The summed E-state index contributed by atoms with van der Waals surface area (Å²) in [4.78, 5) is 24.0. The lowest BCUT2D eigenvalue weighted by atomic mass is 10.1. The standard InChI is InChI=1S/C11H11NO3/c1-8-2-4-9(5-3-8)10(13)12-6-7-15-11(12)14/h2-5H,6-7H2,1H3. The van der Waals surface area contributed by atoms with Crippen molar-refractivity contribution in [3.8, 4) is 0 Å². The Morgan fingerprint density at radius 1 is 1.33 bits per heavy atom. The van der Waals surface area contributed by atoms with Crippen molar-refractivity contribution < 1.29 is 14.3 Å². The molecule has 1 fully saturated rings. The highest BCUT2D eigenvalue weighted by atomic mass is 16.6. The Morgan fingerprint density at radius 2 is 2.00 bits per heavy atom. The summed E-state index contributed by atoms with van der Waals surface area (Å²) in [5.74, 6) is -0.294. The van der Waals surface area contributed by atoms with E-state index >= 15 is 0 Å². The van der Waals surface area contributed by atoms with Crippen LogP contribution in [0.15, 0.2) is 24.3 Å². The number of benzene rings is 1. The predicted molar refractivity (Wildman–Crippen MR) is 53.6 cm³/mol. The molecule has 0 N–H and O–H groups in total. The number of rotatable bonds is 1. The Kier molecular flexibility index (Phi) is 2.41. The normalized spacial score (nSPS) is 15.3. The molecule has 1 aliphatic rings. The van der Waals surface area contributed by atoms with Gasteiger partial charge in [0.1, 0.15) is 6.61 Å². The molecule has 2 amide bonds. The van der Waals surface area contributed by atoms with Crippen molar-refractivity contribution in [3.05, 3.63) is 35.4 Å². The van der Waals surface area contributed by atoms with Gasteiger partial charge in [0, 0.05) is 5.56 Å². The summed E-state index contributed by atoms with van der Waals surface area (Å²) in [6, 6.07) is 7.11. The average molecular weight is 205 g/mol. The van der Waals surface area contributed by atoms with E-state index in [1.54, 1.807) is 12.1 Å². The lowest BCUT2D eigenvalue weighted by Crippen LogP contribution is -2.31. The Balaban J connectivity index is 2.20. The summed E-state index contributed by atoms with van der Waals surface area (Å²) in [5, 5.41) is 0. The summed E-state index contributed by atoms with van der Waals surface area (Å²) in [6.07, 6.45) is -0.555. The van der Waals surface area contributed by atoms with Crippen LogP contribution >= 0.6 is 0 Å². The van der Waals surface area contributed by atoms with Crippen LogP contribution in [0, 0.1) is 6.92 Å². The van der Waals surface area contributed by atoms with E-state index in [9.17, 15) is 9.59 Å². The van der Waals surface area contributed by atoms with Crippen molar-refractivity contribution in [2.45, 2.75) is 6.92 Å². The lowest BCUT2D eigenvalue weighted by molar-refractivity contribution is 0.0810. The monoisotopic (exact) mass is 205 g/mol. The number of cyclic esters (lactones) is 1. The quantitative estimate of drug-likeness (QED) is 0.699. The van der Waals surface area contributed by atoms with Crippen LogP contribution in [0.3, 0.4) is 0 Å². The molecule has 0 spiro atoms. The molecule has 0 bridgehead atoms. The van der Waals surface area contributed by atoms with Gasteiger partial charge in [-0.25, -0.2) is 9.69 Å². The van der Waals surface area contributed by atoms with E-state index in [1.165, 1.54) is 0 Å². The third-order valence-corrected chi connectivity index (χ3v) is 2.30. The van der Waals surface area contributed by atoms with Crippen molar-refractivity contribution >= 4 is 12.0 Å². The van der Waals surface area contributed by atoms with Gasteiger partial charge in [-0.1, -0.05) is 17.7 Å². The Bertz CT molecular complexity index is 397. The molecule has 1 saturated heterocycles. The molecule has 1 aliphatic heterocycles. The molecule has 2 rings (SSSR count). The maximum Gasteiger partial charge on any atom is 0.416 e. The molecular weight excluding hydrogens is 194 g/mol. The molecule has 4 heteroatoms. The van der Waals surface area contributed by atoms with Crippen molar-refractivity contribution in [2.24, 2.45) is 0 Å². The van der Waals surface area contributed by atoms with Gasteiger partial charge in [0.25, 0.3) is 5.91 Å². The van der Waals surface area contributed by atoms with Crippen LogP contribution in [-0.4, -0.2) is 30.1 Å². The number of hydrogen-bond acceptors (Lipinski definition) is 3. The van der Waals surface area contributed by atoms with Gasteiger partial charge in [-0.05, 0) is 19.1 Å². The van der Waals surface area contributed by atoms with E-state index in [0.717, 1.165) is 10.5 Å². The second kappa shape index (κ2) is 3.73. The number of imide groups is 1. The minimum absolute atomic E-state index is 0.288. The number of carbonyl (C=O) groups excluding carboxylic acids is 2. The number of carbonyl (C=O) groups is 2.